The van der Waals surface area contributed by atoms with Crippen molar-refractivity contribution in [2.45, 2.75) is 43.4 Å². The smallest absolute Gasteiger partial charge is 0.249 e. The van der Waals surface area contributed by atoms with Crippen LogP contribution in [0.4, 0.5) is 56.9 Å². The van der Waals surface area contributed by atoms with Crippen molar-refractivity contribution in [2.24, 2.45) is 0 Å². The second kappa shape index (κ2) is 17.4. The average molecular weight is 944 g/mol. The predicted octanol–water partition coefficient (Wildman–Crippen LogP) is 13.9. The van der Waals surface area contributed by atoms with Gasteiger partial charge in [0.1, 0.15) is 0 Å². The zero-order valence-corrected chi connectivity index (χ0v) is 41.2. The van der Waals surface area contributed by atoms with Crippen LogP contribution in [0.2, 0.25) is 5.82 Å². The van der Waals surface area contributed by atoms with Gasteiger partial charge in [0.15, 0.2) is 0 Å². The average Bonchev–Trinajstić information content (AvgIpc) is 4.17. The lowest BCUT2D eigenvalue weighted by molar-refractivity contribution is 0.762. The van der Waals surface area contributed by atoms with E-state index in [1.807, 2.05) is 11.8 Å². The highest BCUT2D eigenvalue weighted by atomic mass is 32.2. The van der Waals surface area contributed by atoms with Crippen molar-refractivity contribution in [3.63, 3.8) is 0 Å². The van der Waals surface area contributed by atoms with Crippen molar-refractivity contribution in [3.05, 3.63) is 258 Å². The first-order chi connectivity index (χ1) is 35.6. The molecular weight excluding hydrogens is 892 g/mol. The van der Waals surface area contributed by atoms with E-state index in [0.29, 0.717) is 0 Å². The van der Waals surface area contributed by atoms with Gasteiger partial charge in [-0.1, -0.05) is 156 Å². The van der Waals surface area contributed by atoms with Crippen LogP contribution in [0.15, 0.2) is 263 Å². The lowest BCUT2D eigenvalue weighted by atomic mass is 9.27. The van der Waals surface area contributed by atoms with Crippen LogP contribution in [0.25, 0.3) is 0 Å². The molecule has 0 fully saturated rings. The summed E-state index contributed by atoms with van der Waals surface area (Å²) in [6.07, 6.45) is 27.5. The molecule has 0 radical (unpaired) electrons. The van der Waals surface area contributed by atoms with Crippen LogP contribution >= 0.6 is 11.8 Å². The molecule has 0 spiro atoms. The number of benzene rings is 7. The molecule has 0 saturated carbocycles. The quantitative estimate of drug-likeness (QED) is 0.114. The van der Waals surface area contributed by atoms with Crippen LogP contribution in [0.5, 0.6) is 0 Å². The fourth-order valence-corrected chi connectivity index (χ4v) is 13.9. The van der Waals surface area contributed by atoms with Crippen molar-refractivity contribution in [1.29, 1.82) is 0 Å². The van der Waals surface area contributed by atoms with Crippen molar-refractivity contribution in [2.75, 3.05) is 24.9 Å². The first-order valence-electron chi connectivity index (χ1n) is 25.4. The second-order valence-electron chi connectivity index (χ2n) is 19.5. The zero-order valence-electron chi connectivity index (χ0n) is 40.4. The molecule has 2 atom stereocenters. The van der Waals surface area contributed by atoms with Crippen LogP contribution in [0, 0.1) is 0 Å². The molecule has 4 aliphatic heterocycles. The molecule has 0 aromatic heterocycles. The molecule has 7 aliphatic rings. The molecule has 344 valence electrons. The fraction of sp³-hybridized carbons (Fsp3) is 0.0938. The van der Waals surface area contributed by atoms with E-state index in [1.54, 1.807) is 0 Å². The lowest BCUT2D eigenvalue weighted by Gasteiger charge is -2.51. The highest BCUT2D eigenvalue weighted by molar-refractivity contribution is 8.04. The molecule has 2 unspecified atom stereocenters. The Morgan fingerprint density at radius 2 is 1.42 bits per heavy atom. The van der Waals surface area contributed by atoms with E-state index in [-0.39, 0.29) is 25.3 Å². The first-order valence-corrected chi connectivity index (χ1v) is 26.3. The van der Waals surface area contributed by atoms with E-state index in [1.165, 1.54) is 82.6 Å². The van der Waals surface area contributed by atoms with Crippen LogP contribution in [-0.4, -0.2) is 19.5 Å². The summed E-state index contributed by atoms with van der Waals surface area (Å²) >= 11 is 1.96. The molecule has 7 aromatic carbocycles. The molecule has 72 heavy (non-hydrogen) atoms. The third kappa shape index (κ3) is 6.73. The second-order valence-corrected chi connectivity index (χ2v) is 20.5. The van der Waals surface area contributed by atoms with Crippen molar-refractivity contribution in [1.82, 2.24) is 0 Å². The minimum Gasteiger partial charge on any atom is -0.356 e. The van der Waals surface area contributed by atoms with E-state index in [2.05, 4.69) is 269 Å². The molecule has 1 N–H and O–H groups in total. The Labute approximate surface area is 428 Å². The van der Waals surface area contributed by atoms with Gasteiger partial charge in [-0.2, -0.15) is 0 Å². The summed E-state index contributed by atoms with van der Waals surface area (Å²) in [6, 6.07) is 61.0. The van der Waals surface area contributed by atoms with Gasteiger partial charge in [0.05, 0.1) is 11.7 Å². The standard InChI is InChI=1S/C64H51B2N5S/c1-3-22-43(4-2)68(44-23-8-5-9-24-44)49-37-56-63-59(38-49)71(48-27-12-7-13-28-48)58-42-61-54(41-53(58)65(63)51-33-18-20-35-55(51)67-56)66-52-34-19-21-36-57(52)70(47-31-16-17-32-47)60-39-50(40-62(72-61)64(60)66)69(46-29-14-15-30-46)45-25-10-6-11-26-45/h3-14,16-31,33-42,53,58,67H,15,32H2,1-2H3/b22-3-,43-4+. The maximum Gasteiger partial charge on any atom is 0.249 e. The molecule has 0 bridgehead atoms. The zero-order chi connectivity index (χ0) is 47.9. The Hall–Kier alpha value is -8.06. The Balaban J connectivity index is 1.01. The third-order valence-electron chi connectivity index (χ3n) is 15.5. The van der Waals surface area contributed by atoms with E-state index >= 15 is 0 Å². The minimum absolute atomic E-state index is 0.0103. The number of hydrogen-bond acceptors (Lipinski definition) is 6. The van der Waals surface area contributed by atoms with Crippen molar-refractivity contribution in [3.8, 4) is 0 Å². The maximum absolute atomic E-state index is 4.02. The third-order valence-corrected chi connectivity index (χ3v) is 16.7. The summed E-state index contributed by atoms with van der Waals surface area (Å²) in [5, 5.41) is 4.02. The van der Waals surface area contributed by atoms with Gasteiger partial charge in [0, 0.05) is 84.5 Å². The molecule has 0 saturated heterocycles. The Bertz CT molecular complexity index is 3610. The molecule has 4 heterocycles. The van der Waals surface area contributed by atoms with Crippen LogP contribution in [0.1, 0.15) is 26.7 Å². The summed E-state index contributed by atoms with van der Waals surface area (Å²) in [5.74, 6) is 0.120. The number of nitrogens with zero attached hydrogens (tertiary/aromatic N) is 4. The highest BCUT2D eigenvalue weighted by Crippen LogP contribution is 2.54. The summed E-state index contributed by atoms with van der Waals surface area (Å²) < 4.78 is 0. The number of anilines is 10. The number of fused-ring (bicyclic) bond motifs is 8. The highest BCUT2D eigenvalue weighted by Gasteiger charge is 2.52. The molecule has 3 aliphatic carbocycles. The molecular formula is C64H51B2N5S. The monoisotopic (exact) mass is 943 g/mol. The van der Waals surface area contributed by atoms with Crippen LogP contribution < -0.4 is 46.8 Å². The Morgan fingerprint density at radius 1 is 0.681 bits per heavy atom. The largest absolute Gasteiger partial charge is 0.356 e. The first kappa shape index (κ1) is 42.8. The number of rotatable bonds is 9. The summed E-state index contributed by atoms with van der Waals surface area (Å²) in [7, 11) is 0. The van der Waals surface area contributed by atoms with Gasteiger partial charge in [-0.3, -0.25) is 0 Å². The van der Waals surface area contributed by atoms with Gasteiger partial charge in [-0.25, -0.2) is 0 Å². The van der Waals surface area contributed by atoms with Gasteiger partial charge >= 0.3 is 0 Å². The van der Waals surface area contributed by atoms with Gasteiger partial charge in [0.25, 0.3) is 0 Å². The van der Waals surface area contributed by atoms with E-state index in [9.17, 15) is 0 Å². The molecule has 7 aromatic rings. The van der Waals surface area contributed by atoms with E-state index in [4.69, 9.17) is 0 Å². The summed E-state index contributed by atoms with van der Waals surface area (Å²) in [6.45, 7) is 4.38. The van der Waals surface area contributed by atoms with E-state index < -0.39 is 0 Å². The van der Waals surface area contributed by atoms with E-state index in [0.717, 1.165) is 41.3 Å². The van der Waals surface area contributed by atoms with Crippen LogP contribution in [-0.2, 0) is 0 Å². The predicted molar refractivity (Wildman–Crippen MR) is 309 cm³/mol. The number of para-hydroxylation sites is 5. The molecule has 14 rings (SSSR count). The molecule has 8 heteroatoms. The number of nitrogens with one attached hydrogen (secondary N) is 1. The van der Waals surface area contributed by atoms with Gasteiger partial charge in [-0.15, -0.1) is 0 Å². The lowest BCUT2D eigenvalue weighted by Crippen LogP contribution is -2.62. The Morgan fingerprint density at radius 3 is 2.17 bits per heavy atom. The number of allylic oxidation sites excluding steroid dienone is 10. The number of hydrogen-bond donors (Lipinski definition) is 1. The summed E-state index contributed by atoms with van der Waals surface area (Å²) in [5.41, 5.74) is 22.3. The Kier molecular flexibility index (Phi) is 10.3. The SMILES string of the molecule is C/C=C\C(=C/C)N(c1ccccc1)c1cc2c3c(c1)N(c1ccccc1)C1C=C4Sc5cc(N(C6=CCC=C6)c6ccccc6)cc6c5B(C4=CC1B3c1ccccc1N2)c1ccccc1N6C1=CC=CC1. The maximum atomic E-state index is 4.02. The van der Waals surface area contributed by atoms with Crippen molar-refractivity contribution < 1.29 is 0 Å². The van der Waals surface area contributed by atoms with Crippen molar-refractivity contribution >= 4 is 104 Å². The molecule has 0 amide bonds. The number of thioether (sulfide) groups is 1. The normalized spacial score (nSPS) is 18.5. The minimum atomic E-state index is 0.0103. The van der Waals surface area contributed by atoms with Crippen LogP contribution in [0.3, 0.4) is 0 Å². The molecule has 5 nitrogen and oxygen atoms in total. The topological polar surface area (TPSA) is 25.0 Å². The fourth-order valence-electron chi connectivity index (χ4n) is 12.6. The summed E-state index contributed by atoms with van der Waals surface area (Å²) in [4.78, 5) is 12.8. The van der Waals surface area contributed by atoms with Gasteiger partial charge in [0.2, 0.25) is 13.4 Å². The van der Waals surface area contributed by atoms with Gasteiger partial charge < -0.3 is 24.9 Å². The van der Waals surface area contributed by atoms with Gasteiger partial charge in [-0.05, 0) is 140 Å².